The Labute approximate surface area is 204 Å². The van der Waals surface area contributed by atoms with Gasteiger partial charge < -0.3 is 20.5 Å². The fourth-order valence-corrected chi connectivity index (χ4v) is 4.49. The molecular weight excluding hydrogens is 444 g/mol. The van der Waals surface area contributed by atoms with Crippen LogP contribution in [0.25, 0.3) is 11.1 Å². The lowest BCUT2D eigenvalue weighted by atomic mass is 9.88. The Kier molecular flexibility index (Phi) is 7.45. The van der Waals surface area contributed by atoms with E-state index in [2.05, 4.69) is 10.6 Å². The van der Waals surface area contributed by atoms with Crippen LogP contribution >= 0.6 is 0 Å². The number of benzene rings is 3. The molecule has 1 fully saturated rings. The molecule has 2 amide bonds. The van der Waals surface area contributed by atoms with E-state index in [0.717, 1.165) is 17.5 Å². The number of rotatable bonds is 8. The Morgan fingerprint density at radius 2 is 1.49 bits per heavy atom. The molecule has 1 saturated carbocycles. The SMILES string of the molecule is CCOc1ccccc1NC(=O)Nc1ccc(-c2ccc(C(=O)C3CCC[C@H]3C(=O)O)cc2)cc1. The number of hydrogen-bond acceptors (Lipinski definition) is 4. The van der Waals surface area contributed by atoms with E-state index >= 15 is 0 Å². The monoisotopic (exact) mass is 472 g/mol. The summed E-state index contributed by atoms with van der Waals surface area (Å²) < 4.78 is 5.53. The zero-order valence-electron chi connectivity index (χ0n) is 19.5. The molecule has 1 aliphatic carbocycles. The maximum Gasteiger partial charge on any atom is 0.323 e. The number of carbonyl (C=O) groups excluding carboxylic acids is 2. The highest BCUT2D eigenvalue weighted by Crippen LogP contribution is 2.35. The molecule has 3 aromatic carbocycles. The number of Topliss-reactive ketones (excluding diaryl/α,β-unsaturated/α-hetero) is 1. The van der Waals surface area contributed by atoms with Gasteiger partial charge in [-0.1, -0.05) is 55.0 Å². The third-order valence-electron chi connectivity index (χ3n) is 6.25. The zero-order valence-corrected chi connectivity index (χ0v) is 19.5. The fourth-order valence-electron chi connectivity index (χ4n) is 4.49. The van der Waals surface area contributed by atoms with E-state index in [9.17, 15) is 19.5 Å². The average molecular weight is 473 g/mol. The van der Waals surface area contributed by atoms with Gasteiger partial charge in [0.1, 0.15) is 5.75 Å². The predicted octanol–water partition coefficient (Wildman–Crippen LogP) is 6.08. The van der Waals surface area contributed by atoms with Crippen molar-refractivity contribution < 1.29 is 24.2 Å². The van der Waals surface area contributed by atoms with Crippen molar-refractivity contribution >= 4 is 29.2 Å². The molecule has 1 unspecified atom stereocenters. The summed E-state index contributed by atoms with van der Waals surface area (Å²) in [5, 5.41) is 15.0. The van der Waals surface area contributed by atoms with Crippen molar-refractivity contribution in [1.82, 2.24) is 0 Å². The van der Waals surface area contributed by atoms with Crippen LogP contribution in [0, 0.1) is 11.8 Å². The number of carboxylic acid groups (broad SMARTS) is 1. The highest BCUT2D eigenvalue weighted by atomic mass is 16.5. The number of aliphatic carboxylic acids is 1. The standard InChI is InChI=1S/C28H28N2O5/c1-2-35-25-9-4-3-8-24(25)30-28(34)29-21-16-14-19(15-17-21)18-10-12-20(13-11-18)26(31)22-6-5-7-23(22)27(32)33/h3-4,8-17,22-23H,2,5-7H2,1H3,(H,32,33)(H2,29,30,34)/t22?,23-/m1/s1. The number of carbonyl (C=O) groups is 3. The normalized spacial score (nSPS) is 16.9. The van der Waals surface area contributed by atoms with Crippen molar-refractivity contribution in [3.63, 3.8) is 0 Å². The lowest BCUT2D eigenvalue weighted by Gasteiger charge is -2.15. The van der Waals surface area contributed by atoms with E-state index < -0.39 is 17.8 Å². The Balaban J connectivity index is 1.38. The van der Waals surface area contributed by atoms with Gasteiger partial charge in [-0.15, -0.1) is 0 Å². The molecular formula is C28H28N2O5. The maximum absolute atomic E-state index is 12.8. The average Bonchev–Trinajstić information content (AvgIpc) is 3.36. The summed E-state index contributed by atoms with van der Waals surface area (Å²) in [5.74, 6) is -1.42. The Hall–Kier alpha value is -4.13. The van der Waals surface area contributed by atoms with Crippen LogP contribution in [0.5, 0.6) is 5.75 Å². The summed E-state index contributed by atoms with van der Waals surface area (Å²) in [6.07, 6.45) is 1.95. The van der Waals surface area contributed by atoms with E-state index in [1.807, 2.05) is 43.3 Å². The second-order valence-corrected chi connectivity index (χ2v) is 8.51. The lowest BCUT2D eigenvalue weighted by Crippen LogP contribution is -2.25. The molecule has 180 valence electrons. The first-order valence-electron chi connectivity index (χ1n) is 11.7. The molecule has 0 aromatic heterocycles. The highest BCUT2D eigenvalue weighted by molar-refractivity contribution is 6.01. The minimum Gasteiger partial charge on any atom is -0.492 e. The van der Waals surface area contributed by atoms with E-state index in [0.29, 0.717) is 42.1 Å². The first kappa shape index (κ1) is 24.0. The van der Waals surface area contributed by atoms with Crippen molar-refractivity contribution in [2.75, 3.05) is 17.2 Å². The van der Waals surface area contributed by atoms with Crippen LogP contribution in [0.1, 0.15) is 36.5 Å². The highest BCUT2D eigenvalue weighted by Gasteiger charge is 2.37. The third kappa shape index (κ3) is 5.69. The summed E-state index contributed by atoms with van der Waals surface area (Å²) in [5.41, 5.74) is 3.61. The molecule has 2 atom stereocenters. The van der Waals surface area contributed by atoms with E-state index in [4.69, 9.17) is 4.74 Å². The molecule has 0 aliphatic heterocycles. The summed E-state index contributed by atoms with van der Waals surface area (Å²) in [6, 6.07) is 21.5. The largest absolute Gasteiger partial charge is 0.492 e. The van der Waals surface area contributed by atoms with Gasteiger partial charge in [-0.25, -0.2) is 4.79 Å². The summed E-state index contributed by atoms with van der Waals surface area (Å²) in [4.78, 5) is 36.7. The minimum atomic E-state index is -0.890. The molecule has 3 N–H and O–H groups in total. The van der Waals surface area contributed by atoms with Gasteiger partial charge in [-0.05, 0) is 55.2 Å². The second kappa shape index (κ2) is 10.9. The third-order valence-corrected chi connectivity index (χ3v) is 6.25. The number of urea groups is 1. The molecule has 0 spiro atoms. The molecule has 7 heteroatoms. The van der Waals surface area contributed by atoms with Gasteiger partial charge in [0.05, 0.1) is 18.2 Å². The second-order valence-electron chi connectivity index (χ2n) is 8.51. The number of hydrogen-bond donors (Lipinski definition) is 3. The number of ketones is 1. The quantitative estimate of drug-likeness (QED) is 0.345. The van der Waals surface area contributed by atoms with Crippen molar-refractivity contribution in [3.8, 4) is 16.9 Å². The number of nitrogens with one attached hydrogen (secondary N) is 2. The van der Waals surface area contributed by atoms with Crippen molar-refractivity contribution in [2.45, 2.75) is 26.2 Å². The van der Waals surface area contributed by atoms with E-state index in [1.165, 1.54) is 0 Å². The number of carboxylic acids is 1. The smallest absolute Gasteiger partial charge is 0.323 e. The van der Waals surface area contributed by atoms with Gasteiger partial charge in [0.2, 0.25) is 0 Å². The topological polar surface area (TPSA) is 105 Å². The first-order chi connectivity index (χ1) is 17.0. The fraction of sp³-hybridized carbons (Fsp3) is 0.250. The Bertz CT molecular complexity index is 1200. The van der Waals surface area contributed by atoms with Gasteiger partial charge in [0.15, 0.2) is 5.78 Å². The molecule has 4 rings (SSSR count). The van der Waals surface area contributed by atoms with Crippen LogP contribution in [0.4, 0.5) is 16.2 Å². The van der Waals surface area contributed by atoms with E-state index in [1.54, 1.807) is 36.4 Å². The molecule has 35 heavy (non-hydrogen) atoms. The van der Waals surface area contributed by atoms with Gasteiger partial charge in [-0.2, -0.15) is 0 Å². The molecule has 3 aromatic rings. The number of anilines is 2. The number of para-hydroxylation sites is 2. The zero-order chi connectivity index (χ0) is 24.8. The van der Waals surface area contributed by atoms with Gasteiger partial charge >= 0.3 is 12.0 Å². The molecule has 0 radical (unpaired) electrons. The van der Waals surface area contributed by atoms with Crippen LogP contribution in [0.2, 0.25) is 0 Å². The van der Waals surface area contributed by atoms with Crippen LogP contribution in [0.3, 0.4) is 0 Å². The van der Waals surface area contributed by atoms with E-state index in [-0.39, 0.29) is 11.8 Å². The van der Waals surface area contributed by atoms with Crippen molar-refractivity contribution in [2.24, 2.45) is 11.8 Å². The minimum absolute atomic E-state index is 0.0991. The van der Waals surface area contributed by atoms with Crippen LogP contribution in [-0.2, 0) is 4.79 Å². The van der Waals surface area contributed by atoms with Crippen LogP contribution < -0.4 is 15.4 Å². The maximum atomic E-state index is 12.8. The van der Waals surface area contributed by atoms with Gasteiger partial charge in [0.25, 0.3) is 0 Å². The van der Waals surface area contributed by atoms with Gasteiger partial charge in [-0.3, -0.25) is 9.59 Å². The summed E-state index contributed by atoms with van der Waals surface area (Å²) in [7, 11) is 0. The predicted molar refractivity (Wildman–Crippen MR) is 135 cm³/mol. The lowest BCUT2D eigenvalue weighted by molar-refractivity contribution is -0.142. The Morgan fingerprint density at radius 1 is 0.857 bits per heavy atom. The van der Waals surface area contributed by atoms with Crippen molar-refractivity contribution in [1.29, 1.82) is 0 Å². The molecule has 7 nitrogen and oxygen atoms in total. The molecule has 1 aliphatic rings. The molecule has 0 heterocycles. The van der Waals surface area contributed by atoms with Crippen LogP contribution in [-0.4, -0.2) is 29.5 Å². The van der Waals surface area contributed by atoms with Gasteiger partial charge in [0, 0.05) is 17.2 Å². The molecule has 0 saturated heterocycles. The molecule has 0 bridgehead atoms. The Morgan fingerprint density at radius 3 is 2.14 bits per heavy atom. The van der Waals surface area contributed by atoms with Crippen molar-refractivity contribution in [3.05, 3.63) is 78.4 Å². The van der Waals surface area contributed by atoms with Crippen LogP contribution in [0.15, 0.2) is 72.8 Å². The number of amides is 2. The number of ether oxygens (including phenoxy) is 1. The first-order valence-corrected chi connectivity index (χ1v) is 11.7. The summed E-state index contributed by atoms with van der Waals surface area (Å²) >= 11 is 0. The summed E-state index contributed by atoms with van der Waals surface area (Å²) in [6.45, 7) is 2.38.